The molecule has 1 N–H and O–H groups in total. The molecule has 30 heavy (non-hydrogen) atoms. The van der Waals surface area contributed by atoms with Crippen molar-refractivity contribution in [1.29, 1.82) is 0 Å². The summed E-state index contributed by atoms with van der Waals surface area (Å²) in [6, 6.07) is 8.95. The molecule has 0 radical (unpaired) electrons. The number of anilines is 1. The molecule has 0 aromatic heterocycles. The number of halogens is 2. The van der Waals surface area contributed by atoms with Gasteiger partial charge in [-0.1, -0.05) is 0 Å². The van der Waals surface area contributed by atoms with E-state index in [0.717, 1.165) is 18.6 Å². The van der Waals surface area contributed by atoms with Crippen molar-refractivity contribution in [3.8, 4) is 5.75 Å². The van der Waals surface area contributed by atoms with Crippen LogP contribution in [0.4, 0.5) is 14.5 Å². The van der Waals surface area contributed by atoms with Crippen LogP contribution in [0, 0.1) is 17.6 Å². The number of nitrogens with one attached hydrogen (secondary N) is 1. The molecule has 1 atom stereocenters. The third-order valence-electron chi connectivity index (χ3n) is 5.15. The first kappa shape index (κ1) is 22.2. The predicted molar refractivity (Wildman–Crippen MR) is 109 cm³/mol. The number of ether oxygens (including phenoxy) is 1. The fourth-order valence-corrected chi connectivity index (χ4v) is 5.09. The highest BCUT2D eigenvalue weighted by molar-refractivity contribution is 7.89. The van der Waals surface area contributed by atoms with Crippen molar-refractivity contribution in [2.75, 3.05) is 25.5 Å². The van der Waals surface area contributed by atoms with Crippen molar-refractivity contribution in [1.82, 2.24) is 4.31 Å². The molecular weight excluding hydrogens is 414 g/mol. The van der Waals surface area contributed by atoms with Crippen molar-refractivity contribution < 1.29 is 26.7 Å². The van der Waals surface area contributed by atoms with Crippen LogP contribution < -0.4 is 10.1 Å². The normalized spacial score (nSPS) is 17.5. The van der Waals surface area contributed by atoms with Gasteiger partial charge in [0.2, 0.25) is 15.9 Å². The van der Waals surface area contributed by atoms with Crippen LogP contribution in [0.15, 0.2) is 47.4 Å². The van der Waals surface area contributed by atoms with Gasteiger partial charge in [-0.2, -0.15) is 4.31 Å². The fraction of sp³-hybridized carbons (Fsp3) is 0.381. The summed E-state index contributed by atoms with van der Waals surface area (Å²) in [5.41, 5.74) is 0.336. The third kappa shape index (κ3) is 5.34. The zero-order chi connectivity index (χ0) is 21.7. The molecule has 2 aromatic carbocycles. The molecule has 6 nitrogen and oxygen atoms in total. The number of hydrogen-bond acceptors (Lipinski definition) is 4. The standard InChI is InChI=1S/C21H24F2N2O4S/c1-29-20-10-7-17(13-19(20)23)24-21(26)11-4-15-3-2-12-25(14-15)30(27,28)18-8-5-16(22)6-9-18/h5-10,13,15H,2-4,11-12,14H2,1H3,(H,24,26). The summed E-state index contributed by atoms with van der Waals surface area (Å²) in [7, 11) is -2.34. The summed E-state index contributed by atoms with van der Waals surface area (Å²) in [5, 5.41) is 2.64. The molecule has 1 fully saturated rings. The Labute approximate surface area is 174 Å². The Hall–Kier alpha value is -2.52. The van der Waals surface area contributed by atoms with Gasteiger partial charge < -0.3 is 10.1 Å². The predicted octanol–water partition coefficient (Wildman–Crippen LogP) is 3.79. The largest absolute Gasteiger partial charge is 0.494 e. The van der Waals surface area contributed by atoms with Crippen molar-refractivity contribution >= 4 is 21.6 Å². The van der Waals surface area contributed by atoms with Gasteiger partial charge in [0, 0.05) is 31.3 Å². The quantitative estimate of drug-likeness (QED) is 0.714. The lowest BCUT2D eigenvalue weighted by molar-refractivity contribution is -0.116. The first-order valence-electron chi connectivity index (χ1n) is 9.68. The Balaban J connectivity index is 1.55. The van der Waals surface area contributed by atoms with E-state index in [1.54, 1.807) is 6.07 Å². The van der Waals surface area contributed by atoms with E-state index < -0.39 is 21.7 Å². The minimum atomic E-state index is -3.70. The number of hydrogen-bond donors (Lipinski definition) is 1. The zero-order valence-corrected chi connectivity index (χ0v) is 17.4. The Morgan fingerprint density at radius 3 is 2.60 bits per heavy atom. The highest BCUT2D eigenvalue weighted by Gasteiger charge is 2.30. The summed E-state index contributed by atoms with van der Waals surface area (Å²) in [6.45, 7) is 0.706. The molecule has 2 aromatic rings. The van der Waals surface area contributed by atoms with Crippen LogP contribution in [0.2, 0.25) is 0 Å². The van der Waals surface area contributed by atoms with Crippen LogP contribution >= 0.6 is 0 Å². The Bertz CT molecular complexity index is 997. The van der Waals surface area contributed by atoms with Crippen LogP contribution in [0.5, 0.6) is 5.75 Å². The second-order valence-corrected chi connectivity index (χ2v) is 9.20. The molecule has 1 aliphatic heterocycles. The number of carbonyl (C=O) groups excluding carboxylic acids is 1. The molecule has 1 heterocycles. The Morgan fingerprint density at radius 1 is 1.20 bits per heavy atom. The van der Waals surface area contributed by atoms with E-state index in [2.05, 4.69) is 5.32 Å². The maximum atomic E-state index is 13.7. The highest BCUT2D eigenvalue weighted by atomic mass is 32.2. The molecule has 0 saturated carbocycles. The van der Waals surface area contributed by atoms with E-state index in [1.165, 1.54) is 35.7 Å². The maximum Gasteiger partial charge on any atom is 0.243 e. The lowest BCUT2D eigenvalue weighted by atomic mass is 9.94. The average Bonchev–Trinajstić information content (AvgIpc) is 2.73. The van der Waals surface area contributed by atoms with E-state index in [1.807, 2.05) is 0 Å². The molecule has 1 aliphatic rings. The van der Waals surface area contributed by atoms with Crippen LogP contribution in [0.3, 0.4) is 0 Å². The highest BCUT2D eigenvalue weighted by Crippen LogP contribution is 2.27. The van der Waals surface area contributed by atoms with Crippen LogP contribution in [0.1, 0.15) is 25.7 Å². The molecular formula is C21H24F2N2O4S. The van der Waals surface area contributed by atoms with E-state index in [4.69, 9.17) is 4.74 Å². The van der Waals surface area contributed by atoms with E-state index in [-0.39, 0.29) is 28.9 Å². The number of nitrogens with zero attached hydrogens (tertiary/aromatic N) is 1. The first-order valence-corrected chi connectivity index (χ1v) is 11.1. The van der Waals surface area contributed by atoms with Gasteiger partial charge in [0.25, 0.3) is 0 Å². The monoisotopic (exact) mass is 438 g/mol. The van der Waals surface area contributed by atoms with Gasteiger partial charge in [-0.15, -0.1) is 0 Å². The minimum absolute atomic E-state index is 0.0346. The molecule has 1 unspecified atom stereocenters. The molecule has 0 bridgehead atoms. The van der Waals surface area contributed by atoms with Crippen molar-refractivity contribution in [2.45, 2.75) is 30.6 Å². The van der Waals surface area contributed by atoms with Gasteiger partial charge in [-0.3, -0.25) is 4.79 Å². The van der Waals surface area contributed by atoms with Gasteiger partial charge in [0.15, 0.2) is 11.6 Å². The smallest absolute Gasteiger partial charge is 0.243 e. The summed E-state index contributed by atoms with van der Waals surface area (Å²) in [4.78, 5) is 12.3. The number of carbonyl (C=O) groups is 1. The molecule has 162 valence electrons. The average molecular weight is 438 g/mol. The van der Waals surface area contributed by atoms with Crippen molar-refractivity contribution in [3.63, 3.8) is 0 Å². The first-order chi connectivity index (χ1) is 14.3. The van der Waals surface area contributed by atoms with Gasteiger partial charge in [0.05, 0.1) is 12.0 Å². The van der Waals surface area contributed by atoms with Crippen LogP contribution in [0.25, 0.3) is 0 Å². The number of piperidine rings is 1. The molecule has 9 heteroatoms. The number of rotatable bonds is 7. The second kappa shape index (κ2) is 9.53. The molecule has 0 aliphatic carbocycles. The summed E-state index contributed by atoms with van der Waals surface area (Å²) >= 11 is 0. The number of amides is 1. The summed E-state index contributed by atoms with van der Waals surface area (Å²) in [6.07, 6.45) is 2.22. The van der Waals surface area contributed by atoms with Crippen molar-refractivity contribution in [3.05, 3.63) is 54.1 Å². The third-order valence-corrected chi connectivity index (χ3v) is 7.03. The number of sulfonamides is 1. The summed E-state index contributed by atoms with van der Waals surface area (Å²) < 4.78 is 58.6. The van der Waals surface area contributed by atoms with Crippen LogP contribution in [-0.4, -0.2) is 38.8 Å². The summed E-state index contributed by atoms with van der Waals surface area (Å²) in [5.74, 6) is -1.19. The number of benzene rings is 2. The molecule has 3 rings (SSSR count). The fourth-order valence-electron chi connectivity index (χ4n) is 3.54. The Morgan fingerprint density at radius 2 is 1.93 bits per heavy atom. The zero-order valence-electron chi connectivity index (χ0n) is 16.6. The van der Waals surface area contributed by atoms with Gasteiger partial charge in [-0.05, 0) is 61.6 Å². The number of methoxy groups -OCH3 is 1. The van der Waals surface area contributed by atoms with Gasteiger partial charge in [-0.25, -0.2) is 17.2 Å². The minimum Gasteiger partial charge on any atom is -0.494 e. The van der Waals surface area contributed by atoms with Crippen LogP contribution in [-0.2, 0) is 14.8 Å². The molecule has 1 saturated heterocycles. The molecule has 0 spiro atoms. The lowest BCUT2D eigenvalue weighted by Gasteiger charge is -2.32. The lowest BCUT2D eigenvalue weighted by Crippen LogP contribution is -2.40. The van der Waals surface area contributed by atoms with E-state index in [0.29, 0.717) is 31.6 Å². The SMILES string of the molecule is COc1ccc(NC(=O)CCC2CCCN(S(=O)(=O)c3ccc(F)cc3)C2)cc1F. The Kier molecular flexibility index (Phi) is 7.04. The van der Waals surface area contributed by atoms with Gasteiger partial charge in [0.1, 0.15) is 5.82 Å². The van der Waals surface area contributed by atoms with E-state index >= 15 is 0 Å². The van der Waals surface area contributed by atoms with Crippen molar-refractivity contribution in [2.24, 2.45) is 5.92 Å². The topological polar surface area (TPSA) is 75.7 Å². The second-order valence-electron chi connectivity index (χ2n) is 7.26. The van der Waals surface area contributed by atoms with Gasteiger partial charge >= 0.3 is 0 Å². The molecule has 1 amide bonds. The maximum absolute atomic E-state index is 13.7. The van der Waals surface area contributed by atoms with E-state index in [9.17, 15) is 22.0 Å².